The SMILES string of the molecule is CCOC(=O)c1cc(=O)[nH]cn1.CCOC(=O)c1ncnc(Cl)c1Br.CCOC(=O)c1ncnc(N)c1Br.CCOC(=O)c1ncnc(NCc2c(OC)cc(C)cc2OC)c1Br.COc1cc(C)cc(OC)c1CN.Nc1ncnc(C(=O)O)c1Br. The molecule has 9 N–H and O–H groups in total. The van der Waals surface area contributed by atoms with Gasteiger partial charge in [-0.15, -0.1) is 0 Å². The third-order valence-corrected chi connectivity index (χ3v) is 13.7. The standard InChI is InChI=1S/C17H20BrN3O4.C10H15NO2.C7H6BrClN2O2.C7H8BrN3O2.C7H8N2O3.C5H4BrN3O2/c1-5-25-17(22)15-14(18)16(21-9-20-15)19-8-11-12(23-3)6-10(2)7-13(11)24-4;1-7-4-9(12-2)8(6-11)10(5-7)13-3;2*1-2-13-7(12)5-4(8)6(9)11-3-10-5;1-2-12-7(11)5-3-6(10)9-4-8-5;6-2-3(5(10)11)8-1-9-4(2)7/h6-7,9H,5,8H2,1-4H3,(H,19,20,21);4-5H,6,11H2,1-3H3;3H,2H2,1H3;3H,2H2,1H3,(H2,9,10,11);3-4H,2H2,1H3,(H,8,9,10);1H,(H,10,11)(H2,7,8,9). The van der Waals surface area contributed by atoms with Crippen molar-refractivity contribution in [2.24, 2.45) is 5.73 Å². The predicted molar refractivity (Wildman–Crippen MR) is 332 cm³/mol. The van der Waals surface area contributed by atoms with Crippen LogP contribution in [0.25, 0.3) is 0 Å². The number of nitrogen functional groups attached to an aromatic ring is 2. The first-order chi connectivity index (χ1) is 41.4. The zero-order valence-corrected chi connectivity index (χ0v) is 55.4. The molecule has 0 unspecified atom stereocenters. The monoisotopic (exact) mass is 1480 g/mol. The van der Waals surface area contributed by atoms with Crippen LogP contribution in [-0.2, 0) is 32.0 Å². The number of hydrogen-bond donors (Lipinski definition) is 6. The summed E-state index contributed by atoms with van der Waals surface area (Å²) in [5.41, 5.74) is 20.2. The number of benzene rings is 2. The normalized spacial score (nSPS) is 9.84. The molecule has 0 aliphatic heterocycles. The molecule has 0 bridgehead atoms. The highest BCUT2D eigenvalue weighted by Gasteiger charge is 2.20. The average Bonchev–Trinajstić information content (AvgIpc) is 3.70. The fourth-order valence-corrected chi connectivity index (χ4v) is 7.99. The smallest absolute Gasteiger partial charge is 0.358 e. The second-order valence-corrected chi connectivity index (χ2v) is 19.4. The number of carbonyl (C=O) groups is 5. The maximum atomic E-state index is 11.9. The molecule has 5 aromatic heterocycles. The van der Waals surface area contributed by atoms with Crippen LogP contribution in [-0.4, -0.2) is 140 Å². The maximum absolute atomic E-state index is 11.9. The van der Waals surface area contributed by atoms with Gasteiger partial charge in [0.2, 0.25) is 0 Å². The van der Waals surface area contributed by atoms with Gasteiger partial charge in [0.15, 0.2) is 28.5 Å². The molecule has 87 heavy (non-hydrogen) atoms. The van der Waals surface area contributed by atoms with Crippen molar-refractivity contribution in [2.75, 3.05) is 71.7 Å². The van der Waals surface area contributed by atoms with E-state index in [0.29, 0.717) is 57.0 Å². The fourth-order valence-electron chi connectivity index (χ4n) is 6.25. The molecule has 0 atom stereocenters. The van der Waals surface area contributed by atoms with Crippen molar-refractivity contribution >= 4 is 123 Å². The van der Waals surface area contributed by atoms with Crippen molar-refractivity contribution in [3.63, 3.8) is 0 Å². The second kappa shape index (κ2) is 39.5. The molecule has 5 heterocycles. The number of aromatic carboxylic acids is 1. The Morgan fingerprint density at radius 2 is 0.920 bits per heavy atom. The van der Waals surface area contributed by atoms with Crippen molar-refractivity contribution in [1.29, 1.82) is 0 Å². The number of methoxy groups -OCH3 is 4. The Hall–Kier alpha value is -8.24. The van der Waals surface area contributed by atoms with E-state index < -0.39 is 29.8 Å². The number of anilines is 3. The summed E-state index contributed by atoms with van der Waals surface area (Å²) in [7, 11) is 6.48. The van der Waals surface area contributed by atoms with Crippen LogP contribution in [0.4, 0.5) is 17.5 Å². The van der Waals surface area contributed by atoms with Gasteiger partial charge in [0, 0.05) is 24.7 Å². The van der Waals surface area contributed by atoms with E-state index in [2.05, 4.69) is 124 Å². The van der Waals surface area contributed by atoms with Gasteiger partial charge in [-0.2, -0.15) is 0 Å². The van der Waals surface area contributed by atoms with Crippen molar-refractivity contribution in [2.45, 2.75) is 54.6 Å². The largest absolute Gasteiger partial charge is 0.496 e. The summed E-state index contributed by atoms with van der Waals surface area (Å²) < 4.78 is 41.8. The molecule has 7 rings (SSSR count). The number of carboxylic acid groups (broad SMARTS) is 1. The zero-order chi connectivity index (χ0) is 65.3. The number of nitrogens with zero attached hydrogens (tertiary/aromatic N) is 9. The van der Waals surface area contributed by atoms with Crippen LogP contribution in [0.5, 0.6) is 23.0 Å². The number of rotatable bonds is 17. The summed E-state index contributed by atoms with van der Waals surface area (Å²) in [6.07, 6.45) is 5.99. The third-order valence-electron chi connectivity index (χ3n) is 10.1. The lowest BCUT2D eigenvalue weighted by molar-refractivity contribution is 0.0508. The van der Waals surface area contributed by atoms with E-state index in [-0.39, 0.29) is 68.5 Å². The van der Waals surface area contributed by atoms with Crippen molar-refractivity contribution < 1.29 is 67.0 Å². The Kier molecular flexibility index (Phi) is 33.9. The van der Waals surface area contributed by atoms with E-state index >= 15 is 0 Å². The Morgan fingerprint density at radius 3 is 1.32 bits per heavy atom. The lowest BCUT2D eigenvalue weighted by Crippen LogP contribution is -2.13. The lowest BCUT2D eigenvalue weighted by Gasteiger charge is -2.16. The molecule has 0 saturated heterocycles. The van der Waals surface area contributed by atoms with Crippen LogP contribution in [0, 0.1) is 13.8 Å². The Bertz CT molecular complexity index is 3390. The molecule has 34 heteroatoms. The van der Waals surface area contributed by atoms with E-state index in [0.717, 1.165) is 52.5 Å². The molecule has 0 spiro atoms. The summed E-state index contributed by atoms with van der Waals surface area (Å²) in [5.74, 6) is 0.569. The number of aromatic amines is 1. The van der Waals surface area contributed by atoms with Crippen LogP contribution in [0.1, 0.15) is 102 Å². The number of nitrogens with two attached hydrogens (primary N) is 3. The topological polar surface area (TPSA) is 418 Å². The summed E-state index contributed by atoms with van der Waals surface area (Å²) >= 11 is 18.2. The Labute approximate surface area is 537 Å². The van der Waals surface area contributed by atoms with Gasteiger partial charge in [0.05, 0.1) is 84.6 Å². The van der Waals surface area contributed by atoms with Gasteiger partial charge in [0.1, 0.15) is 70.9 Å². The van der Waals surface area contributed by atoms with Gasteiger partial charge in [-0.25, -0.2) is 68.8 Å². The Balaban J connectivity index is 0.000000367. The number of ether oxygens (including phenoxy) is 8. The molecule has 7 aromatic rings. The second-order valence-electron chi connectivity index (χ2n) is 15.9. The molecule has 0 amide bonds. The lowest BCUT2D eigenvalue weighted by atomic mass is 10.1. The maximum Gasteiger partial charge on any atom is 0.358 e. The van der Waals surface area contributed by atoms with E-state index in [4.69, 9.17) is 67.1 Å². The van der Waals surface area contributed by atoms with Crippen LogP contribution in [0.15, 0.2) is 84.7 Å². The molecule has 2 aromatic carbocycles. The quantitative estimate of drug-likeness (QED) is 0.0283. The zero-order valence-electron chi connectivity index (χ0n) is 48.3. The first-order valence-corrected chi connectivity index (χ1v) is 28.5. The van der Waals surface area contributed by atoms with Gasteiger partial charge in [0.25, 0.3) is 5.56 Å². The van der Waals surface area contributed by atoms with Crippen LogP contribution >= 0.6 is 75.3 Å². The van der Waals surface area contributed by atoms with E-state index in [1.165, 1.54) is 19.0 Å². The highest BCUT2D eigenvalue weighted by atomic mass is 79.9. The Morgan fingerprint density at radius 1 is 0.540 bits per heavy atom. The van der Waals surface area contributed by atoms with E-state index in [9.17, 15) is 28.8 Å². The van der Waals surface area contributed by atoms with Crippen LogP contribution in [0.3, 0.4) is 0 Å². The molecule has 0 saturated carbocycles. The van der Waals surface area contributed by atoms with Gasteiger partial charge in [-0.05, 0) is 141 Å². The number of carbonyl (C=O) groups excluding carboxylic acids is 4. The molecular formula is C53H61Br4ClN14O15. The van der Waals surface area contributed by atoms with Crippen molar-refractivity contribution in [1.82, 2.24) is 49.8 Å². The molecule has 0 aliphatic carbocycles. The molecule has 29 nitrogen and oxygen atoms in total. The summed E-state index contributed by atoms with van der Waals surface area (Å²) in [4.78, 5) is 102. The summed E-state index contributed by atoms with van der Waals surface area (Å²) in [6.45, 7) is 12.8. The van der Waals surface area contributed by atoms with Gasteiger partial charge < -0.3 is 70.5 Å². The summed E-state index contributed by atoms with van der Waals surface area (Å²) in [6, 6.07) is 8.85. The molecule has 0 fully saturated rings. The van der Waals surface area contributed by atoms with E-state index in [1.807, 2.05) is 38.1 Å². The van der Waals surface area contributed by atoms with Gasteiger partial charge in [-0.1, -0.05) is 11.6 Å². The highest BCUT2D eigenvalue weighted by molar-refractivity contribution is 9.11. The fraction of sp³-hybridized carbons (Fsp3) is 0.302. The number of aryl methyl sites for hydroxylation is 2. The minimum Gasteiger partial charge on any atom is -0.496 e. The third kappa shape index (κ3) is 23.9. The molecule has 468 valence electrons. The van der Waals surface area contributed by atoms with Gasteiger partial charge in [-0.3, -0.25) is 4.79 Å². The summed E-state index contributed by atoms with van der Waals surface area (Å²) in [5, 5.41) is 11.9. The first kappa shape index (κ1) is 74.9. The predicted octanol–water partition coefficient (Wildman–Crippen LogP) is 8.36. The number of H-pyrrole nitrogens is 1. The minimum absolute atomic E-state index is 0.0283. The van der Waals surface area contributed by atoms with Gasteiger partial charge >= 0.3 is 29.8 Å². The van der Waals surface area contributed by atoms with Crippen molar-refractivity contribution in [3.8, 4) is 23.0 Å². The molecule has 0 radical (unpaired) electrons. The molecular weight excluding hydrogens is 1430 g/mol. The van der Waals surface area contributed by atoms with Crippen molar-refractivity contribution in [3.05, 3.63) is 146 Å². The number of esters is 4. The van der Waals surface area contributed by atoms with E-state index in [1.54, 1.807) is 56.1 Å². The highest BCUT2D eigenvalue weighted by Crippen LogP contribution is 2.33. The minimum atomic E-state index is -1.13. The number of halogens is 5. The number of hydrogen-bond acceptors (Lipinski definition) is 27. The van der Waals surface area contributed by atoms with Crippen LogP contribution < -0.4 is 47.0 Å². The van der Waals surface area contributed by atoms with Crippen LogP contribution in [0.2, 0.25) is 5.15 Å². The number of nitrogens with one attached hydrogen (secondary N) is 2. The number of aromatic nitrogens is 10. The number of carboxylic acids is 1. The first-order valence-electron chi connectivity index (χ1n) is 25.0. The molecule has 0 aliphatic rings. The average molecular weight is 1490 g/mol.